The number of pyridine rings is 1. The van der Waals surface area contributed by atoms with Crippen LogP contribution in [-0.4, -0.2) is 33.1 Å². The molecule has 0 saturated carbocycles. The molecular weight excluding hydrogens is 312 g/mol. The number of fused-ring (bicyclic) bond motifs is 3. The van der Waals surface area contributed by atoms with E-state index >= 15 is 0 Å². The van der Waals surface area contributed by atoms with Gasteiger partial charge in [-0.15, -0.1) is 0 Å². The minimum absolute atomic E-state index is 0.288. The molecule has 2 saturated heterocycles. The molecule has 5 rings (SSSR count). The number of benzene rings is 1. The van der Waals surface area contributed by atoms with Crippen molar-refractivity contribution in [2.45, 2.75) is 43.9 Å². The summed E-state index contributed by atoms with van der Waals surface area (Å²) in [6.45, 7) is 0. The lowest BCUT2D eigenvalue weighted by Crippen LogP contribution is -2.46. The van der Waals surface area contributed by atoms with E-state index in [9.17, 15) is 0 Å². The smallest absolute Gasteiger partial charge is 0.180 e. The molecule has 5 heteroatoms. The second-order valence-corrected chi connectivity index (χ2v) is 6.89. The summed E-state index contributed by atoms with van der Waals surface area (Å²) >= 11 is 0. The minimum atomic E-state index is 0.288. The summed E-state index contributed by atoms with van der Waals surface area (Å²) in [5.41, 5.74) is 1.57. The highest BCUT2D eigenvalue weighted by Crippen LogP contribution is 2.40. The van der Waals surface area contributed by atoms with Crippen molar-refractivity contribution in [1.29, 1.82) is 0 Å². The number of aromatic nitrogens is 3. The molecule has 0 aliphatic carbocycles. The van der Waals surface area contributed by atoms with Crippen molar-refractivity contribution in [1.82, 2.24) is 15.0 Å². The lowest BCUT2D eigenvalue weighted by molar-refractivity contribution is 0.150. The zero-order valence-corrected chi connectivity index (χ0v) is 14.0. The van der Waals surface area contributed by atoms with E-state index in [2.05, 4.69) is 20.9 Å². The van der Waals surface area contributed by atoms with E-state index in [1.54, 1.807) is 12.4 Å². The highest BCUT2D eigenvalue weighted by atomic mass is 16.5. The van der Waals surface area contributed by atoms with Crippen molar-refractivity contribution in [2.24, 2.45) is 0 Å². The van der Waals surface area contributed by atoms with Crippen molar-refractivity contribution in [3.63, 3.8) is 0 Å². The molecule has 2 aliphatic heterocycles. The first kappa shape index (κ1) is 14.6. The zero-order chi connectivity index (χ0) is 16.6. The monoisotopic (exact) mass is 332 g/mol. The van der Waals surface area contributed by atoms with E-state index in [1.165, 1.54) is 12.8 Å². The second kappa shape index (κ2) is 5.99. The quantitative estimate of drug-likeness (QED) is 0.733. The summed E-state index contributed by atoms with van der Waals surface area (Å²) in [5.74, 6) is 2.00. The van der Waals surface area contributed by atoms with E-state index in [1.807, 2.05) is 36.4 Å². The van der Waals surface area contributed by atoms with Gasteiger partial charge in [-0.25, -0.2) is 9.97 Å². The lowest BCUT2D eigenvalue weighted by Gasteiger charge is -2.39. The highest BCUT2D eigenvalue weighted by Gasteiger charge is 2.42. The number of hydrogen-bond donors (Lipinski definition) is 0. The fraction of sp³-hybridized carbons (Fsp3) is 0.350. The molecule has 25 heavy (non-hydrogen) atoms. The molecule has 2 aliphatic rings. The van der Waals surface area contributed by atoms with Crippen LogP contribution < -0.4 is 9.64 Å². The van der Waals surface area contributed by atoms with E-state index in [0.29, 0.717) is 12.1 Å². The standard InChI is InChI=1S/C20H20N4O/c1-2-4-16(5-3-1)25-17-12-14-6-7-15(13-17)24(14)19-9-8-18-20(23-19)22-11-10-21-18/h1-5,8-11,14-15,17H,6-7,12-13H2. The molecule has 0 N–H and O–H groups in total. The summed E-state index contributed by atoms with van der Waals surface area (Å²) in [6, 6.07) is 15.3. The average molecular weight is 332 g/mol. The van der Waals surface area contributed by atoms with E-state index in [0.717, 1.165) is 35.6 Å². The number of ether oxygens (including phenoxy) is 1. The molecule has 4 heterocycles. The normalized spacial score (nSPS) is 25.3. The molecular formula is C20H20N4O. The molecule has 0 spiro atoms. The Morgan fingerprint density at radius 1 is 0.880 bits per heavy atom. The maximum atomic E-state index is 6.22. The molecule has 5 nitrogen and oxygen atoms in total. The van der Waals surface area contributed by atoms with Crippen LogP contribution >= 0.6 is 0 Å². The summed E-state index contributed by atoms with van der Waals surface area (Å²) in [4.78, 5) is 15.9. The number of piperidine rings is 1. The van der Waals surface area contributed by atoms with Gasteiger partial charge >= 0.3 is 0 Å². The van der Waals surface area contributed by atoms with Gasteiger partial charge in [0.05, 0.1) is 0 Å². The van der Waals surface area contributed by atoms with E-state index in [4.69, 9.17) is 9.72 Å². The summed E-state index contributed by atoms with van der Waals surface area (Å²) in [7, 11) is 0. The SMILES string of the molecule is c1ccc(OC2CC3CCC(C2)N3c2ccc3nccnc3n2)cc1. The topological polar surface area (TPSA) is 51.1 Å². The van der Waals surface area contributed by atoms with Crippen LogP contribution in [0.25, 0.3) is 11.2 Å². The van der Waals surface area contributed by atoms with Crippen LogP contribution in [0.15, 0.2) is 54.9 Å². The third-order valence-corrected chi connectivity index (χ3v) is 5.32. The Morgan fingerprint density at radius 2 is 1.64 bits per heavy atom. The largest absolute Gasteiger partial charge is 0.490 e. The molecule has 0 amide bonds. The van der Waals surface area contributed by atoms with Crippen molar-refractivity contribution in [2.75, 3.05) is 4.90 Å². The molecule has 0 radical (unpaired) electrons. The first-order valence-corrected chi connectivity index (χ1v) is 8.94. The number of hydrogen-bond acceptors (Lipinski definition) is 5. The van der Waals surface area contributed by atoms with Gasteiger partial charge in [-0.05, 0) is 37.1 Å². The lowest BCUT2D eigenvalue weighted by atomic mass is 9.99. The van der Waals surface area contributed by atoms with Crippen molar-refractivity contribution < 1.29 is 4.74 Å². The average Bonchev–Trinajstić information content (AvgIpc) is 2.93. The van der Waals surface area contributed by atoms with Crippen molar-refractivity contribution in [3.8, 4) is 5.75 Å². The Hall–Kier alpha value is -2.69. The zero-order valence-electron chi connectivity index (χ0n) is 14.0. The fourth-order valence-corrected chi connectivity index (χ4v) is 4.28. The molecule has 1 aromatic carbocycles. The van der Waals surface area contributed by atoms with Crippen LogP contribution in [0.5, 0.6) is 5.75 Å². The van der Waals surface area contributed by atoms with Crippen LogP contribution in [0.1, 0.15) is 25.7 Å². The highest BCUT2D eigenvalue weighted by molar-refractivity contribution is 5.72. The van der Waals surface area contributed by atoms with Gasteiger partial charge in [-0.3, -0.25) is 4.98 Å². The predicted octanol–water partition coefficient (Wildman–Crippen LogP) is 3.60. The van der Waals surface area contributed by atoms with Gasteiger partial charge in [0.1, 0.15) is 23.2 Å². The summed E-state index contributed by atoms with van der Waals surface area (Å²) in [6.07, 6.45) is 8.21. The van der Waals surface area contributed by atoms with Gasteiger partial charge in [0.25, 0.3) is 0 Å². The summed E-state index contributed by atoms with van der Waals surface area (Å²) < 4.78 is 6.22. The van der Waals surface area contributed by atoms with Crippen LogP contribution in [0.3, 0.4) is 0 Å². The molecule has 2 aromatic heterocycles. The Labute approximate surface area is 146 Å². The van der Waals surface area contributed by atoms with Gasteiger partial charge in [-0.2, -0.15) is 0 Å². The first-order chi connectivity index (χ1) is 12.4. The molecule has 2 atom stereocenters. The molecule has 2 bridgehead atoms. The van der Waals surface area contributed by atoms with Gasteiger partial charge in [0.15, 0.2) is 5.65 Å². The van der Waals surface area contributed by atoms with Crippen LogP contribution in [0, 0.1) is 0 Å². The second-order valence-electron chi connectivity index (χ2n) is 6.89. The van der Waals surface area contributed by atoms with Gasteiger partial charge in [-0.1, -0.05) is 18.2 Å². The Kier molecular flexibility index (Phi) is 3.51. The molecule has 2 fully saturated rings. The van der Waals surface area contributed by atoms with Crippen molar-refractivity contribution in [3.05, 3.63) is 54.9 Å². The maximum Gasteiger partial charge on any atom is 0.180 e. The molecule has 2 unspecified atom stereocenters. The van der Waals surface area contributed by atoms with Crippen LogP contribution in [-0.2, 0) is 0 Å². The third-order valence-electron chi connectivity index (χ3n) is 5.32. The fourth-order valence-electron chi connectivity index (χ4n) is 4.28. The Balaban J connectivity index is 1.38. The first-order valence-electron chi connectivity index (χ1n) is 8.94. The van der Waals surface area contributed by atoms with E-state index in [-0.39, 0.29) is 6.10 Å². The molecule has 126 valence electrons. The molecule has 3 aromatic rings. The van der Waals surface area contributed by atoms with Crippen LogP contribution in [0.2, 0.25) is 0 Å². The van der Waals surface area contributed by atoms with Gasteiger partial charge < -0.3 is 9.64 Å². The number of para-hydroxylation sites is 1. The van der Waals surface area contributed by atoms with Crippen LogP contribution in [0.4, 0.5) is 5.82 Å². The number of nitrogens with zero attached hydrogens (tertiary/aromatic N) is 4. The minimum Gasteiger partial charge on any atom is -0.490 e. The number of rotatable bonds is 3. The van der Waals surface area contributed by atoms with Gasteiger partial charge in [0.2, 0.25) is 0 Å². The summed E-state index contributed by atoms with van der Waals surface area (Å²) in [5, 5.41) is 0. The van der Waals surface area contributed by atoms with Gasteiger partial charge in [0, 0.05) is 37.3 Å². The Morgan fingerprint density at radius 3 is 2.44 bits per heavy atom. The maximum absolute atomic E-state index is 6.22. The third kappa shape index (κ3) is 2.69. The predicted molar refractivity (Wildman–Crippen MR) is 96.7 cm³/mol. The number of anilines is 1. The van der Waals surface area contributed by atoms with Crippen molar-refractivity contribution >= 4 is 17.0 Å². The Bertz CT molecular complexity index is 871. The van der Waals surface area contributed by atoms with E-state index < -0.39 is 0 Å².